The monoisotopic (exact) mass is 149 g/mol. The number of hydrogen-bond acceptors (Lipinski definition) is 2. The van der Waals surface area contributed by atoms with E-state index < -0.39 is 0 Å². The molecule has 58 valence electrons. The predicted octanol–water partition coefficient (Wildman–Crippen LogP) is 2.09. The van der Waals surface area contributed by atoms with Crippen LogP contribution in [-0.4, -0.2) is 10.8 Å². The zero-order valence-electron chi connectivity index (χ0n) is 6.68. The average molecular weight is 149 g/mol. The van der Waals surface area contributed by atoms with E-state index in [4.69, 9.17) is 5.41 Å². The van der Waals surface area contributed by atoms with Crippen molar-refractivity contribution in [2.75, 3.05) is 0 Å². The molecule has 0 aliphatic carbocycles. The van der Waals surface area contributed by atoms with Gasteiger partial charge in [-0.2, -0.15) is 0 Å². The number of aryl methyl sites for hydroxylation is 1. The van der Waals surface area contributed by atoms with Crippen molar-refractivity contribution in [3.8, 4) is 5.75 Å². The van der Waals surface area contributed by atoms with Crippen molar-refractivity contribution in [1.29, 1.82) is 5.41 Å². The van der Waals surface area contributed by atoms with Crippen molar-refractivity contribution in [3.05, 3.63) is 29.3 Å². The Balaban J connectivity index is 3.20. The van der Waals surface area contributed by atoms with Crippen LogP contribution in [0.1, 0.15) is 18.1 Å². The Labute approximate surface area is 66.0 Å². The van der Waals surface area contributed by atoms with Crippen LogP contribution in [0.3, 0.4) is 0 Å². The van der Waals surface area contributed by atoms with Crippen LogP contribution in [0, 0.1) is 12.3 Å². The van der Waals surface area contributed by atoms with Gasteiger partial charge in [-0.1, -0.05) is 6.07 Å². The molecule has 0 amide bonds. The third kappa shape index (κ3) is 1.58. The first-order chi connectivity index (χ1) is 5.11. The van der Waals surface area contributed by atoms with Gasteiger partial charge in [-0.15, -0.1) is 0 Å². The molecule has 0 radical (unpaired) electrons. The normalized spacial score (nSPS) is 9.64. The molecule has 11 heavy (non-hydrogen) atoms. The summed E-state index contributed by atoms with van der Waals surface area (Å²) in [7, 11) is 0. The molecule has 0 aromatic heterocycles. The van der Waals surface area contributed by atoms with Gasteiger partial charge in [-0.05, 0) is 31.5 Å². The maximum Gasteiger partial charge on any atom is 0.124 e. The summed E-state index contributed by atoms with van der Waals surface area (Å²) in [6.45, 7) is 3.56. The molecule has 0 bridgehead atoms. The molecule has 2 heteroatoms. The average Bonchev–Trinajstić information content (AvgIpc) is 1.85. The second-order valence-electron chi connectivity index (χ2n) is 2.65. The van der Waals surface area contributed by atoms with Gasteiger partial charge in [0.1, 0.15) is 5.75 Å². The predicted molar refractivity (Wildman–Crippen MR) is 45.3 cm³/mol. The van der Waals surface area contributed by atoms with Crippen molar-refractivity contribution >= 4 is 5.71 Å². The Morgan fingerprint density at radius 3 is 2.55 bits per heavy atom. The van der Waals surface area contributed by atoms with E-state index in [1.54, 1.807) is 19.1 Å². The largest absolute Gasteiger partial charge is 0.507 e. The highest BCUT2D eigenvalue weighted by atomic mass is 16.3. The molecule has 2 nitrogen and oxygen atoms in total. The zero-order chi connectivity index (χ0) is 8.43. The maximum absolute atomic E-state index is 9.32. The number of nitrogens with one attached hydrogen (secondary N) is 1. The summed E-state index contributed by atoms with van der Waals surface area (Å²) in [5.74, 6) is 0.192. The molecular weight excluding hydrogens is 138 g/mol. The van der Waals surface area contributed by atoms with Gasteiger partial charge in [0.2, 0.25) is 0 Å². The van der Waals surface area contributed by atoms with Crippen LogP contribution in [-0.2, 0) is 0 Å². The van der Waals surface area contributed by atoms with Gasteiger partial charge in [0, 0.05) is 11.3 Å². The second kappa shape index (κ2) is 2.74. The Bertz CT molecular complexity index is 292. The minimum atomic E-state index is 0.192. The first-order valence-corrected chi connectivity index (χ1v) is 3.46. The molecule has 1 aromatic carbocycles. The van der Waals surface area contributed by atoms with Gasteiger partial charge in [0.05, 0.1) is 0 Å². The van der Waals surface area contributed by atoms with Crippen LogP contribution >= 0.6 is 0 Å². The van der Waals surface area contributed by atoms with Gasteiger partial charge in [0.25, 0.3) is 0 Å². The molecule has 1 rings (SSSR count). The summed E-state index contributed by atoms with van der Waals surface area (Å²) in [5.41, 5.74) is 2.01. The quantitative estimate of drug-likeness (QED) is 0.590. The van der Waals surface area contributed by atoms with Gasteiger partial charge >= 0.3 is 0 Å². The number of benzene rings is 1. The zero-order valence-corrected chi connectivity index (χ0v) is 6.68. The minimum Gasteiger partial charge on any atom is -0.507 e. The van der Waals surface area contributed by atoms with Gasteiger partial charge in [-0.3, -0.25) is 0 Å². The lowest BCUT2D eigenvalue weighted by Gasteiger charge is -2.02. The summed E-state index contributed by atoms with van der Waals surface area (Å²) in [6, 6.07) is 5.30. The minimum absolute atomic E-state index is 0.192. The van der Waals surface area contributed by atoms with Crippen molar-refractivity contribution in [3.63, 3.8) is 0 Å². The van der Waals surface area contributed by atoms with Crippen LogP contribution < -0.4 is 0 Å². The fourth-order valence-electron chi connectivity index (χ4n) is 0.959. The summed E-state index contributed by atoms with van der Waals surface area (Å²) in [6.07, 6.45) is 0. The number of phenolic OH excluding ortho intramolecular Hbond substituents is 1. The SMILES string of the molecule is CC(=N)c1ccc(C)cc1O. The van der Waals surface area contributed by atoms with Crippen molar-refractivity contribution in [1.82, 2.24) is 0 Å². The number of aromatic hydroxyl groups is 1. The van der Waals surface area contributed by atoms with E-state index in [1.165, 1.54) is 0 Å². The Kier molecular flexibility index (Phi) is 1.94. The number of hydrogen-bond donors (Lipinski definition) is 2. The first kappa shape index (κ1) is 7.79. The molecule has 1 aromatic rings. The first-order valence-electron chi connectivity index (χ1n) is 3.46. The van der Waals surface area contributed by atoms with E-state index in [0.717, 1.165) is 5.56 Å². The summed E-state index contributed by atoms with van der Waals surface area (Å²) >= 11 is 0. The second-order valence-corrected chi connectivity index (χ2v) is 2.65. The molecule has 2 N–H and O–H groups in total. The molecule has 0 saturated carbocycles. The smallest absolute Gasteiger partial charge is 0.124 e. The fraction of sp³-hybridized carbons (Fsp3) is 0.222. The van der Waals surface area contributed by atoms with Gasteiger partial charge in [-0.25, -0.2) is 0 Å². The molecule has 0 saturated heterocycles. The molecule has 0 fully saturated rings. The fourth-order valence-corrected chi connectivity index (χ4v) is 0.959. The Morgan fingerprint density at radius 1 is 1.45 bits per heavy atom. The lowest BCUT2D eigenvalue weighted by molar-refractivity contribution is 0.473. The van der Waals surface area contributed by atoms with E-state index in [-0.39, 0.29) is 5.75 Å². The summed E-state index contributed by atoms with van der Waals surface area (Å²) < 4.78 is 0. The molecule has 0 heterocycles. The van der Waals surface area contributed by atoms with E-state index in [9.17, 15) is 5.11 Å². The van der Waals surface area contributed by atoms with E-state index in [2.05, 4.69) is 0 Å². The molecule has 0 atom stereocenters. The molecular formula is C9H11NO. The van der Waals surface area contributed by atoms with Crippen LogP contribution in [0.5, 0.6) is 5.75 Å². The highest BCUT2D eigenvalue weighted by Crippen LogP contribution is 2.18. The number of rotatable bonds is 1. The lowest BCUT2D eigenvalue weighted by atomic mass is 10.1. The van der Waals surface area contributed by atoms with Crippen molar-refractivity contribution in [2.24, 2.45) is 0 Å². The van der Waals surface area contributed by atoms with E-state index in [1.807, 2.05) is 13.0 Å². The number of phenols is 1. The maximum atomic E-state index is 9.32. The van der Waals surface area contributed by atoms with Crippen LogP contribution in [0.2, 0.25) is 0 Å². The Morgan fingerprint density at radius 2 is 2.09 bits per heavy atom. The van der Waals surface area contributed by atoms with E-state index in [0.29, 0.717) is 11.3 Å². The standard InChI is InChI=1S/C9H11NO/c1-6-3-4-8(7(2)10)9(11)5-6/h3-5,10-11H,1-2H3. The topological polar surface area (TPSA) is 44.1 Å². The summed E-state index contributed by atoms with van der Waals surface area (Å²) in [5, 5.41) is 16.6. The highest BCUT2D eigenvalue weighted by molar-refractivity contribution is 5.98. The van der Waals surface area contributed by atoms with Crippen LogP contribution in [0.25, 0.3) is 0 Å². The summed E-state index contributed by atoms with van der Waals surface area (Å²) in [4.78, 5) is 0. The third-order valence-corrected chi connectivity index (χ3v) is 1.56. The van der Waals surface area contributed by atoms with Crippen molar-refractivity contribution in [2.45, 2.75) is 13.8 Å². The van der Waals surface area contributed by atoms with E-state index >= 15 is 0 Å². The lowest BCUT2D eigenvalue weighted by Crippen LogP contribution is -1.92. The molecule has 0 aliphatic rings. The highest BCUT2D eigenvalue weighted by Gasteiger charge is 2.01. The Hall–Kier alpha value is -1.31. The van der Waals surface area contributed by atoms with Crippen LogP contribution in [0.15, 0.2) is 18.2 Å². The molecule has 0 spiro atoms. The molecule has 0 aliphatic heterocycles. The molecule has 0 unspecified atom stereocenters. The van der Waals surface area contributed by atoms with Crippen molar-refractivity contribution < 1.29 is 5.11 Å². The van der Waals surface area contributed by atoms with Gasteiger partial charge < -0.3 is 10.5 Å². The van der Waals surface area contributed by atoms with Gasteiger partial charge in [0.15, 0.2) is 0 Å². The third-order valence-electron chi connectivity index (χ3n) is 1.56. The van der Waals surface area contributed by atoms with Crippen LogP contribution in [0.4, 0.5) is 0 Å².